The van der Waals surface area contributed by atoms with Gasteiger partial charge in [0.15, 0.2) is 0 Å². The molecule has 2 rings (SSSR count). The minimum Gasteiger partial charge on any atom is -0.489 e. The maximum atomic E-state index is 12.2. The zero-order valence-corrected chi connectivity index (χ0v) is 14.8. The van der Waals surface area contributed by atoms with Gasteiger partial charge >= 0.3 is 0 Å². The molecule has 0 aliphatic heterocycles. The van der Waals surface area contributed by atoms with Crippen LogP contribution in [0.5, 0.6) is 5.75 Å². The van der Waals surface area contributed by atoms with E-state index in [2.05, 4.69) is 10.6 Å². The van der Waals surface area contributed by atoms with Gasteiger partial charge in [-0.25, -0.2) is 0 Å². The Bertz CT molecular complexity index is 646. The summed E-state index contributed by atoms with van der Waals surface area (Å²) in [6.45, 7) is 5.79. The van der Waals surface area contributed by atoms with Crippen LogP contribution >= 0.6 is 0 Å². The Morgan fingerprint density at radius 3 is 2.52 bits per heavy atom. The van der Waals surface area contributed by atoms with Gasteiger partial charge in [0, 0.05) is 6.61 Å². The van der Waals surface area contributed by atoms with Crippen LogP contribution in [-0.4, -0.2) is 32.3 Å². The molecule has 0 saturated heterocycles. The number of ether oxygens (including phenoxy) is 2. The van der Waals surface area contributed by atoms with Crippen molar-refractivity contribution in [3.63, 3.8) is 0 Å². The summed E-state index contributed by atoms with van der Waals surface area (Å²) >= 11 is 0. The minimum absolute atomic E-state index is 0.0341. The average molecular weight is 342 g/mol. The monoisotopic (exact) mass is 342 g/mol. The van der Waals surface area contributed by atoms with Crippen molar-refractivity contribution in [3.05, 3.63) is 60.2 Å². The molecule has 2 aromatic rings. The molecule has 1 amide bonds. The Balaban J connectivity index is 1.83. The van der Waals surface area contributed by atoms with Gasteiger partial charge in [0.25, 0.3) is 0 Å². The van der Waals surface area contributed by atoms with Gasteiger partial charge in [-0.3, -0.25) is 4.79 Å². The number of carbonyl (C=O) groups is 1. The molecule has 1 atom stereocenters. The molecule has 0 aromatic heterocycles. The summed E-state index contributed by atoms with van der Waals surface area (Å²) < 4.78 is 11.0. The van der Waals surface area contributed by atoms with E-state index in [9.17, 15) is 4.79 Å². The number of benzene rings is 2. The number of para-hydroxylation sites is 2. The van der Waals surface area contributed by atoms with Gasteiger partial charge in [-0.2, -0.15) is 0 Å². The average Bonchev–Trinajstić information content (AvgIpc) is 2.65. The van der Waals surface area contributed by atoms with E-state index in [1.54, 1.807) is 0 Å². The maximum absolute atomic E-state index is 12.2. The van der Waals surface area contributed by atoms with Gasteiger partial charge in [-0.15, -0.1) is 0 Å². The van der Waals surface area contributed by atoms with Crippen LogP contribution in [0.25, 0.3) is 0 Å². The van der Waals surface area contributed by atoms with Crippen molar-refractivity contribution in [3.8, 4) is 5.75 Å². The van der Waals surface area contributed by atoms with Gasteiger partial charge in [0.1, 0.15) is 12.4 Å². The van der Waals surface area contributed by atoms with Crippen LogP contribution in [-0.2, 0) is 9.53 Å². The van der Waals surface area contributed by atoms with E-state index in [1.807, 2.05) is 68.4 Å². The standard InChI is InChI=1S/C20H26N2O3/c1-3-24-13-14-25-19-12-8-7-11-18(19)21-15-20(23)22-16(2)17-9-5-4-6-10-17/h4-12,16,21H,3,13-15H2,1-2H3,(H,22,23). The fourth-order valence-corrected chi connectivity index (χ4v) is 2.39. The molecule has 2 N–H and O–H groups in total. The van der Waals surface area contributed by atoms with Crippen LogP contribution in [0.3, 0.4) is 0 Å². The highest BCUT2D eigenvalue weighted by atomic mass is 16.5. The van der Waals surface area contributed by atoms with Crippen LogP contribution in [0.2, 0.25) is 0 Å². The van der Waals surface area contributed by atoms with Crippen molar-refractivity contribution in [2.45, 2.75) is 19.9 Å². The van der Waals surface area contributed by atoms with Crippen molar-refractivity contribution in [1.82, 2.24) is 5.32 Å². The van der Waals surface area contributed by atoms with Crippen molar-refractivity contribution in [1.29, 1.82) is 0 Å². The molecule has 134 valence electrons. The van der Waals surface area contributed by atoms with E-state index in [0.717, 1.165) is 11.3 Å². The second-order valence-electron chi connectivity index (χ2n) is 5.59. The molecule has 25 heavy (non-hydrogen) atoms. The van der Waals surface area contributed by atoms with Gasteiger partial charge < -0.3 is 20.1 Å². The molecule has 1 unspecified atom stereocenters. The molecule has 0 bridgehead atoms. The van der Waals surface area contributed by atoms with E-state index in [4.69, 9.17) is 9.47 Å². The predicted molar refractivity (Wildman–Crippen MR) is 99.9 cm³/mol. The first kappa shape index (κ1) is 18.8. The number of carbonyl (C=O) groups excluding carboxylic acids is 1. The van der Waals surface area contributed by atoms with Crippen LogP contribution in [0.15, 0.2) is 54.6 Å². The zero-order valence-electron chi connectivity index (χ0n) is 14.8. The molecular formula is C20H26N2O3. The molecule has 0 heterocycles. The Kier molecular flexibility index (Phi) is 7.79. The minimum atomic E-state index is -0.0690. The Morgan fingerprint density at radius 2 is 1.76 bits per heavy atom. The summed E-state index contributed by atoms with van der Waals surface area (Å²) in [6.07, 6.45) is 0. The molecule has 5 nitrogen and oxygen atoms in total. The third-order valence-corrected chi connectivity index (χ3v) is 3.69. The predicted octanol–water partition coefficient (Wildman–Crippen LogP) is 3.39. The van der Waals surface area contributed by atoms with Crippen molar-refractivity contribution in [2.24, 2.45) is 0 Å². The SMILES string of the molecule is CCOCCOc1ccccc1NCC(=O)NC(C)c1ccccc1. The number of nitrogens with one attached hydrogen (secondary N) is 2. The lowest BCUT2D eigenvalue weighted by atomic mass is 10.1. The first-order chi connectivity index (χ1) is 12.2. The third kappa shape index (κ3) is 6.47. The lowest BCUT2D eigenvalue weighted by Crippen LogP contribution is -2.32. The number of hydrogen-bond acceptors (Lipinski definition) is 4. The molecule has 0 radical (unpaired) electrons. The Hall–Kier alpha value is -2.53. The number of rotatable bonds is 10. The van der Waals surface area contributed by atoms with E-state index in [1.165, 1.54) is 0 Å². The lowest BCUT2D eigenvalue weighted by Gasteiger charge is -2.16. The summed E-state index contributed by atoms with van der Waals surface area (Å²) in [5, 5.41) is 6.12. The maximum Gasteiger partial charge on any atom is 0.239 e. The molecule has 0 fully saturated rings. The van der Waals surface area contributed by atoms with Gasteiger partial charge in [0.05, 0.1) is 24.9 Å². The second-order valence-corrected chi connectivity index (χ2v) is 5.59. The van der Waals surface area contributed by atoms with Crippen LogP contribution < -0.4 is 15.4 Å². The normalized spacial score (nSPS) is 11.6. The van der Waals surface area contributed by atoms with Crippen LogP contribution in [0.1, 0.15) is 25.5 Å². The lowest BCUT2D eigenvalue weighted by molar-refractivity contribution is -0.120. The number of hydrogen-bond donors (Lipinski definition) is 2. The Morgan fingerprint density at radius 1 is 1.04 bits per heavy atom. The highest BCUT2D eigenvalue weighted by Crippen LogP contribution is 2.23. The van der Waals surface area contributed by atoms with E-state index >= 15 is 0 Å². The van der Waals surface area contributed by atoms with Crippen molar-refractivity contribution < 1.29 is 14.3 Å². The van der Waals surface area contributed by atoms with E-state index in [-0.39, 0.29) is 18.5 Å². The first-order valence-electron chi connectivity index (χ1n) is 8.58. The molecule has 5 heteroatoms. The molecule has 0 spiro atoms. The Labute approximate surface area is 149 Å². The summed E-state index contributed by atoms with van der Waals surface area (Å²) in [6, 6.07) is 17.4. The topological polar surface area (TPSA) is 59.6 Å². The molecule has 0 saturated carbocycles. The van der Waals surface area contributed by atoms with Crippen molar-refractivity contribution in [2.75, 3.05) is 31.7 Å². The molecule has 0 aliphatic rings. The summed E-state index contributed by atoms with van der Waals surface area (Å²) in [5.41, 5.74) is 1.87. The summed E-state index contributed by atoms with van der Waals surface area (Å²) in [4.78, 5) is 12.2. The quantitative estimate of drug-likeness (QED) is 0.650. The molecule has 2 aromatic carbocycles. The third-order valence-electron chi connectivity index (χ3n) is 3.69. The van der Waals surface area contributed by atoms with Crippen LogP contribution in [0, 0.1) is 0 Å². The molecule has 0 aliphatic carbocycles. The second kappa shape index (κ2) is 10.4. The van der Waals surface area contributed by atoms with Crippen molar-refractivity contribution >= 4 is 11.6 Å². The summed E-state index contributed by atoms with van der Waals surface area (Å²) in [7, 11) is 0. The highest BCUT2D eigenvalue weighted by molar-refractivity contribution is 5.81. The van der Waals surface area contributed by atoms with Gasteiger partial charge in [0.2, 0.25) is 5.91 Å². The fourth-order valence-electron chi connectivity index (χ4n) is 2.39. The fraction of sp³-hybridized carbons (Fsp3) is 0.350. The van der Waals surface area contributed by atoms with E-state index < -0.39 is 0 Å². The number of amides is 1. The number of anilines is 1. The van der Waals surface area contributed by atoms with Crippen LogP contribution in [0.4, 0.5) is 5.69 Å². The van der Waals surface area contributed by atoms with E-state index in [0.29, 0.717) is 25.6 Å². The zero-order chi connectivity index (χ0) is 17.9. The van der Waals surface area contributed by atoms with Gasteiger partial charge in [-0.05, 0) is 31.5 Å². The van der Waals surface area contributed by atoms with Gasteiger partial charge in [-0.1, -0.05) is 42.5 Å². The molecular weight excluding hydrogens is 316 g/mol. The largest absolute Gasteiger partial charge is 0.489 e. The summed E-state index contributed by atoms with van der Waals surface area (Å²) in [5.74, 6) is 0.645. The smallest absolute Gasteiger partial charge is 0.239 e. The highest BCUT2D eigenvalue weighted by Gasteiger charge is 2.10. The first-order valence-corrected chi connectivity index (χ1v) is 8.58.